The Morgan fingerprint density at radius 3 is 2.72 bits per heavy atom. The third kappa shape index (κ3) is 2.79. The van der Waals surface area contributed by atoms with E-state index in [-0.39, 0.29) is 0 Å². The molecule has 0 bridgehead atoms. The summed E-state index contributed by atoms with van der Waals surface area (Å²) < 4.78 is 1.78. The molecule has 96 valence electrons. The Labute approximate surface area is 108 Å². The molecular formula is C15H20N2O. The standard InChI is InChI=1S/C15H20N2O/c1-4-13-10-14(17(3)16-13)15(18)9-12-7-5-6-11(2)8-12/h5-8,10,15,18H,4,9H2,1-3H3. The SMILES string of the molecule is CCc1cc(C(O)Cc2cccc(C)c2)n(C)n1. The third-order valence-corrected chi connectivity index (χ3v) is 3.18. The van der Waals surface area contributed by atoms with Crippen molar-refractivity contribution in [1.29, 1.82) is 0 Å². The second-order valence-corrected chi connectivity index (χ2v) is 4.75. The van der Waals surface area contributed by atoms with Crippen LogP contribution >= 0.6 is 0 Å². The summed E-state index contributed by atoms with van der Waals surface area (Å²) in [5.41, 5.74) is 4.28. The summed E-state index contributed by atoms with van der Waals surface area (Å²) in [6.45, 7) is 4.13. The lowest BCUT2D eigenvalue weighted by atomic mass is 10.0. The lowest BCUT2D eigenvalue weighted by molar-refractivity contribution is 0.168. The Bertz CT molecular complexity index is 531. The highest BCUT2D eigenvalue weighted by molar-refractivity contribution is 5.24. The van der Waals surface area contributed by atoms with E-state index in [1.54, 1.807) is 4.68 Å². The molecular weight excluding hydrogens is 224 g/mol. The number of aromatic nitrogens is 2. The molecule has 0 radical (unpaired) electrons. The normalized spacial score (nSPS) is 12.7. The van der Waals surface area contributed by atoms with Crippen molar-refractivity contribution in [2.24, 2.45) is 7.05 Å². The zero-order valence-electron chi connectivity index (χ0n) is 11.2. The molecule has 3 nitrogen and oxygen atoms in total. The summed E-state index contributed by atoms with van der Waals surface area (Å²) in [5.74, 6) is 0. The van der Waals surface area contributed by atoms with E-state index in [4.69, 9.17) is 0 Å². The number of aliphatic hydroxyl groups excluding tert-OH is 1. The molecule has 0 saturated heterocycles. The monoisotopic (exact) mass is 244 g/mol. The van der Waals surface area contributed by atoms with Crippen molar-refractivity contribution in [1.82, 2.24) is 9.78 Å². The Morgan fingerprint density at radius 2 is 2.11 bits per heavy atom. The number of hydrogen-bond donors (Lipinski definition) is 1. The van der Waals surface area contributed by atoms with Crippen LogP contribution in [0.3, 0.4) is 0 Å². The zero-order valence-corrected chi connectivity index (χ0v) is 11.2. The van der Waals surface area contributed by atoms with Crippen LogP contribution in [0.1, 0.15) is 35.5 Å². The fourth-order valence-electron chi connectivity index (χ4n) is 2.19. The van der Waals surface area contributed by atoms with Crippen LogP contribution in [0.25, 0.3) is 0 Å². The van der Waals surface area contributed by atoms with Crippen LogP contribution in [0.2, 0.25) is 0 Å². The minimum Gasteiger partial charge on any atom is -0.386 e. The molecule has 1 aromatic carbocycles. The summed E-state index contributed by atoms with van der Waals surface area (Å²) in [6, 6.07) is 10.2. The second kappa shape index (κ2) is 5.36. The second-order valence-electron chi connectivity index (χ2n) is 4.75. The van der Waals surface area contributed by atoms with E-state index in [1.165, 1.54) is 5.56 Å². The van der Waals surface area contributed by atoms with Gasteiger partial charge in [0.1, 0.15) is 0 Å². The van der Waals surface area contributed by atoms with Gasteiger partial charge in [-0.2, -0.15) is 5.10 Å². The summed E-state index contributed by atoms with van der Waals surface area (Å²) in [4.78, 5) is 0. The molecule has 0 aliphatic heterocycles. The predicted octanol–water partition coefficient (Wildman–Crippen LogP) is 2.57. The van der Waals surface area contributed by atoms with E-state index in [1.807, 2.05) is 25.2 Å². The van der Waals surface area contributed by atoms with Gasteiger partial charge in [-0.1, -0.05) is 36.8 Å². The fraction of sp³-hybridized carbons (Fsp3) is 0.400. The summed E-state index contributed by atoms with van der Waals surface area (Å²) in [5, 5.41) is 14.7. The van der Waals surface area contributed by atoms with E-state index in [9.17, 15) is 5.11 Å². The molecule has 1 heterocycles. The smallest absolute Gasteiger partial charge is 0.0996 e. The van der Waals surface area contributed by atoms with Crippen LogP contribution in [0.15, 0.2) is 30.3 Å². The minimum absolute atomic E-state index is 0.496. The summed E-state index contributed by atoms with van der Waals surface area (Å²) in [6.07, 6.45) is 1.03. The molecule has 0 aliphatic rings. The molecule has 1 unspecified atom stereocenters. The fourth-order valence-corrected chi connectivity index (χ4v) is 2.19. The van der Waals surface area contributed by atoms with Crippen molar-refractivity contribution in [3.8, 4) is 0 Å². The number of benzene rings is 1. The predicted molar refractivity (Wildman–Crippen MR) is 72.4 cm³/mol. The van der Waals surface area contributed by atoms with Gasteiger partial charge >= 0.3 is 0 Å². The van der Waals surface area contributed by atoms with Gasteiger partial charge in [0, 0.05) is 13.5 Å². The molecule has 18 heavy (non-hydrogen) atoms. The minimum atomic E-state index is -0.496. The highest BCUT2D eigenvalue weighted by Gasteiger charge is 2.14. The zero-order chi connectivity index (χ0) is 13.1. The lowest BCUT2D eigenvalue weighted by Crippen LogP contribution is -2.08. The van der Waals surface area contributed by atoms with Crippen LogP contribution < -0.4 is 0 Å². The number of hydrogen-bond acceptors (Lipinski definition) is 2. The van der Waals surface area contributed by atoms with Gasteiger partial charge in [-0.3, -0.25) is 4.68 Å². The van der Waals surface area contributed by atoms with Crippen LogP contribution in [0.4, 0.5) is 0 Å². The van der Waals surface area contributed by atoms with Gasteiger partial charge < -0.3 is 5.11 Å². The number of rotatable bonds is 4. The van der Waals surface area contributed by atoms with E-state index < -0.39 is 6.10 Å². The van der Waals surface area contributed by atoms with Crippen molar-refractivity contribution >= 4 is 0 Å². The maximum absolute atomic E-state index is 10.3. The van der Waals surface area contributed by atoms with Gasteiger partial charge in [0.25, 0.3) is 0 Å². The Hall–Kier alpha value is -1.61. The van der Waals surface area contributed by atoms with E-state index in [0.717, 1.165) is 23.4 Å². The first kappa shape index (κ1) is 12.8. The molecule has 0 spiro atoms. The Kier molecular flexibility index (Phi) is 3.82. The van der Waals surface area contributed by atoms with E-state index in [0.29, 0.717) is 6.42 Å². The largest absolute Gasteiger partial charge is 0.386 e. The van der Waals surface area contributed by atoms with Crippen molar-refractivity contribution in [2.75, 3.05) is 0 Å². The van der Waals surface area contributed by atoms with Gasteiger partial charge in [-0.05, 0) is 25.0 Å². The van der Waals surface area contributed by atoms with Crippen LogP contribution in [-0.2, 0) is 19.9 Å². The summed E-state index contributed by atoms with van der Waals surface area (Å²) in [7, 11) is 1.88. The average Bonchev–Trinajstić information content (AvgIpc) is 2.70. The molecule has 1 aromatic heterocycles. The quantitative estimate of drug-likeness (QED) is 0.897. The number of nitrogens with zero attached hydrogens (tertiary/aromatic N) is 2. The molecule has 0 amide bonds. The molecule has 0 aliphatic carbocycles. The van der Waals surface area contributed by atoms with Gasteiger partial charge in [0.15, 0.2) is 0 Å². The first-order valence-corrected chi connectivity index (χ1v) is 6.36. The molecule has 0 saturated carbocycles. The lowest BCUT2D eigenvalue weighted by Gasteiger charge is -2.11. The molecule has 1 atom stereocenters. The van der Waals surface area contributed by atoms with Crippen molar-refractivity contribution in [3.63, 3.8) is 0 Å². The van der Waals surface area contributed by atoms with Gasteiger partial charge in [0.05, 0.1) is 17.5 Å². The van der Waals surface area contributed by atoms with Gasteiger partial charge in [-0.25, -0.2) is 0 Å². The topological polar surface area (TPSA) is 38.0 Å². The molecule has 0 fully saturated rings. The molecule has 1 N–H and O–H groups in total. The maximum Gasteiger partial charge on any atom is 0.0996 e. The van der Waals surface area contributed by atoms with Crippen molar-refractivity contribution in [2.45, 2.75) is 32.8 Å². The van der Waals surface area contributed by atoms with E-state index in [2.05, 4.69) is 31.1 Å². The van der Waals surface area contributed by atoms with Crippen LogP contribution in [-0.4, -0.2) is 14.9 Å². The Morgan fingerprint density at radius 1 is 1.33 bits per heavy atom. The van der Waals surface area contributed by atoms with Crippen LogP contribution in [0, 0.1) is 6.92 Å². The van der Waals surface area contributed by atoms with Crippen molar-refractivity contribution < 1.29 is 5.11 Å². The average molecular weight is 244 g/mol. The molecule has 3 heteroatoms. The number of aliphatic hydroxyl groups is 1. The van der Waals surface area contributed by atoms with Crippen LogP contribution in [0.5, 0.6) is 0 Å². The Balaban J connectivity index is 2.16. The number of aryl methyl sites for hydroxylation is 3. The molecule has 2 aromatic rings. The highest BCUT2D eigenvalue weighted by Crippen LogP contribution is 2.19. The molecule has 2 rings (SSSR count). The van der Waals surface area contributed by atoms with Gasteiger partial charge in [-0.15, -0.1) is 0 Å². The first-order chi connectivity index (χ1) is 8.60. The summed E-state index contributed by atoms with van der Waals surface area (Å²) >= 11 is 0. The maximum atomic E-state index is 10.3. The first-order valence-electron chi connectivity index (χ1n) is 6.36. The highest BCUT2D eigenvalue weighted by atomic mass is 16.3. The van der Waals surface area contributed by atoms with Gasteiger partial charge in [0.2, 0.25) is 0 Å². The van der Waals surface area contributed by atoms with E-state index >= 15 is 0 Å². The third-order valence-electron chi connectivity index (χ3n) is 3.18. The van der Waals surface area contributed by atoms with Crippen molar-refractivity contribution in [3.05, 3.63) is 52.8 Å².